The summed E-state index contributed by atoms with van der Waals surface area (Å²) in [6, 6.07) is 3.12. The highest BCUT2D eigenvalue weighted by Crippen LogP contribution is 2.23. The molecule has 6 heteroatoms. The van der Waals surface area contributed by atoms with Gasteiger partial charge in [0.15, 0.2) is 0 Å². The average Bonchev–Trinajstić information content (AvgIpc) is 2.32. The first kappa shape index (κ1) is 12.5. The SMILES string of the molecule is Cc1nc(N2CCC(=O)C(C)C2)ccc1[N+](=O)[O-]. The smallest absolute Gasteiger partial charge is 0.290 e. The van der Waals surface area contributed by atoms with Crippen LogP contribution in [-0.4, -0.2) is 28.8 Å². The van der Waals surface area contributed by atoms with E-state index in [1.807, 2.05) is 11.8 Å². The predicted molar refractivity (Wildman–Crippen MR) is 66.6 cm³/mol. The number of rotatable bonds is 2. The minimum atomic E-state index is -0.436. The maximum atomic E-state index is 11.4. The molecule has 2 heterocycles. The Balaban J connectivity index is 2.22. The van der Waals surface area contributed by atoms with E-state index in [4.69, 9.17) is 0 Å². The number of ketones is 1. The van der Waals surface area contributed by atoms with Crippen LogP contribution >= 0.6 is 0 Å². The normalized spacial score (nSPS) is 20.0. The number of carbonyl (C=O) groups excluding carboxylic acids is 1. The summed E-state index contributed by atoms with van der Waals surface area (Å²) in [6.45, 7) is 4.78. The molecule has 0 spiro atoms. The van der Waals surface area contributed by atoms with Gasteiger partial charge in [0.05, 0.1) is 4.92 Å². The van der Waals surface area contributed by atoms with Crippen LogP contribution in [0.3, 0.4) is 0 Å². The fraction of sp³-hybridized carbons (Fsp3) is 0.500. The molecule has 0 bridgehead atoms. The average molecular weight is 249 g/mol. The van der Waals surface area contributed by atoms with Crippen molar-refractivity contribution in [3.63, 3.8) is 0 Å². The molecule has 2 rings (SSSR count). The number of hydrogen-bond acceptors (Lipinski definition) is 5. The van der Waals surface area contributed by atoms with Gasteiger partial charge < -0.3 is 4.90 Å². The number of Topliss-reactive ketones (excluding diaryl/α,β-unsaturated/α-hetero) is 1. The molecule has 1 unspecified atom stereocenters. The van der Waals surface area contributed by atoms with Crippen molar-refractivity contribution in [2.45, 2.75) is 20.3 Å². The molecule has 1 fully saturated rings. The molecule has 0 aliphatic carbocycles. The molecular formula is C12H15N3O3. The van der Waals surface area contributed by atoms with Crippen LogP contribution in [-0.2, 0) is 4.79 Å². The topological polar surface area (TPSA) is 76.3 Å². The van der Waals surface area contributed by atoms with E-state index in [0.29, 0.717) is 31.0 Å². The zero-order valence-electron chi connectivity index (χ0n) is 10.4. The Morgan fingerprint density at radius 1 is 1.50 bits per heavy atom. The van der Waals surface area contributed by atoms with Gasteiger partial charge in [0.1, 0.15) is 17.3 Å². The lowest BCUT2D eigenvalue weighted by Crippen LogP contribution is -2.40. The van der Waals surface area contributed by atoms with Crippen molar-refractivity contribution in [1.29, 1.82) is 0 Å². The summed E-state index contributed by atoms with van der Waals surface area (Å²) in [5.41, 5.74) is 0.432. The summed E-state index contributed by atoms with van der Waals surface area (Å²) >= 11 is 0. The predicted octanol–water partition coefficient (Wildman–Crippen LogP) is 1.71. The number of hydrogen-bond donors (Lipinski definition) is 0. The Kier molecular flexibility index (Phi) is 3.27. The number of pyridine rings is 1. The van der Waals surface area contributed by atoms with E-state index < -0.39 is 4.92 Å². The van der Waals surface area contributed by atoms with Crippen molar-refractivity contribution >= 4 is 17.3 Å². The van der Waals surface area contributed by atoms with E-state index in [9.17, 15) is 14.9 Å². The van der Waals surface area contributed by atoms with E-state index in [-0.39, 0.29) is 17.4 Å². The van der Waals surface area contributed by atoms with Crippen molar-refractivity contribution < 1.29 is 9.72 Å². The maximum Gasteiger partial charge on any atom is 0.290 e. The molecule has 0 saturated carbocycles. The van der Waals surface area contributed by atoms with Crippen LogP contribution in [0.2, 0.25) is 0 Å². The Morgan fingerprint density at radius 3 is 2.78 bits per heavy atom. The van der Waals surface area contributed by atoms with Gasteiger partial charge in [-0.15, -0.1) is 0 Å². The second-order valence-corrected chi connectivity index (χ2v) is 4.59. The van der Waals surface area contributed by atoms with E-state index in [1.54, 1.807) is 13.0 Å². The molecule has 1 aromatic heterocycles. The Labute approximate surface area is 105 Å². The van der Waals surface area contributed by atoms with Crippen LogP contribution in [0.1, 0.15) is 19.0 Å². The van der Waals surface area contributed by atoms with Crippen LogP contribution in [0.25, 0.3) is 0 Å². The molecule has 18 heavy (non-hydrogen) atoms. The van der Waals surface area contributed by atoms with Gasteiger partial charge in [-0.2, -0.15) is 0 Å². The quantitative estimate of drug-likeness (QED) is 0.589. The van der Waals surface area contributed by atoms with Crippen LogP contribution in [0, 0.1) is 23.0 Å². The first-order chi connectivity index (χ1) is 8.49. The van der Waals surface area contributed by atoms with Gasteiger partial charge in [0.25, 0.3) is 5.69 Å². The van der Waals surface area contributed by atoms with Gasteiger partial charge in [0.2, 0.25) is 0 Å². The number of carbonyl (C=O) groups is 1. The summed E-state index contributed by atoms with van der Waals surface area (Å²) in [5, 5.41) is 10.7. The van der Waals surface area contributed by atoms with Crippen molar-refractivity contribution in [1.82, 2.24) is 4.98 Å². The largest absolute Gasteiger partial charge is 0.355 e. The van der Waals surface area contributed by atoms with Crippen LogP contribution in [0.5, 0.6) is 0 Å². The molecule has 1 aliphatic heterocycles. The summed E-state index contributed by atoms with van der Waals surface area (Å²) in [4.78, 5) is 28.0. The Hall–Kier alpha value is -1.98. The highest BCUT2D eigenvalue weighted by Gasteiger charge is 2.25. The van der Waals surface area contributed by atoms with Crippen molar-refractivity contribution in [2.75, 3.05) is 18.0 Å². The molecule has 6 nitrogen and oxygen atoms in total. The number of aryl methyl sites for hydroxylation is 1. The summed E-state index contributed by atoms with van der Waals surface area (Å²) in [7, 11) is 0. The first-order valence-electron chi connectivity index (χ1n) is 5.88. The van der Waals surface area contributed by atoms with E-state index in [0.717, 1.165) is 0 Å². The molecule has 1 aliphatic rings. The number of piperidine rings is 1. The molecule has 1 saturated heterocycles. The third-order valence-electron chi connectivity index (χ3n) is 3.24. The summed E-state index contributed by atoms with van der Waals surface area (Å²) in [5.74, 6) is 0.971. The second kappa shape index (κ2) is 4.72. The zero-order chi connectivity index (χ0) is 13.3. The molecule has 0 aromatic carbocycles. The van der Waals surface area contributed by atoms with Gasteiger partial charge in [-0.25, -0.2) is 4.98 Å². The lowest BCUT2D eigenvalue weighted by Gasteiger charge is -2.31. The van der Waals surface area contributed by atoms with Crippen LogP contribution in [0.15, 0.2) is 12.1 Å². The highest BCUT2D eigenvalue weighted by molar-refractivity contribution is 5.83. The number of anilines is 1. The van der Waals surface area contributed by atoms with E-state index in [2.05, 4.69) is 4.98 Å². The lowest BCUT2D eigenvalue weighted by atomic mass is 9.99. The molecule has 1 aromatic rings. The highest BCUT2D eigenvalue weighted by atomic mass is 16.6. The fourth-order valence-corrected chi connectivity index (χ4v) is 2.13. The second-order valence-electron chi connectivity index (χ2n) is 4.59. The molecule has 1 atom stereocenters. The maximum absolute atomic E-state index is 11.4. The number of nitrogens with zero attached hydrogens (tertiary/aromatic N) is 3. The molecule has 0 N–H and O–H groups in total. The van der Waals surface area contributed by atoms with Crippen LogP contribution < -0.4 is 4.90 Å². The number of nitro groups is 1. The van der Waals surface area contributed by atoms with Gasteiger partial charge in [0, 0.05) is 31.5 Å². The number of aromatic nitrogens is 1. The van der Waals surface area contributed by atoms with Crippen LogP contribution in [0.4, 0.5) is 11.5 Å². The molecule has 0 radical (unpaired) electrons. The zero-order valence-corrected chi connectivity index (χ0v) is 10.4. The minimum absolute atomic E-state index is 0.00366. The minimum Gasteiger partial charge on any atom is -0.355 e. The first-order valence-corrected chi connectivity index (χ1v) is 5.88. The van der Waals surface area contributed by atoms with Crippen molar-refractivity contribution in [3.8, 4) is 0 Å². The van der Waals surface area contributed by atoms with E-state index >= 15 is 0 Å². The van der Waals surface area contributed by atoms with Crippen molar-refractivity contribution in [2.24, 2.45) is 5.92 Å². The van der Waals surface area contributed by atoms with E-state index in [1.165, 1.54) is 6.07 Å². The van der Waals surface area contributed by atoms with Gasteiger partial charge in [-0.05, 0) is 13.0 Å². The molecule has 96 valence electrons. The fourth-order valence-electron chi connectivity index (χ4n) is 2.13. The summed E-state index contributed by atoms with van der Waals surface area (Å²) < 4.78 is 0. The van der Waals surface area contributed by atoms with Gasteiger partial charge in [-0.3, -0.25) is 14.9 Å². The Morgan fingerprint density at radius 2 is 2.22 bits per heavy atom. The monoisotopic (exact) mass is 249 g/mol. The standard InChI is InChI=1S/C12H15N3O3/c1-8-7-14(6-5-11(8)16)12-4-3-10(15(17)18)9(2)13-12/h3-4,8H,5-7H2,1-2H3. The third kappa shape index (κ3) is 2.32. The lowest BCUT2D eigenvalue weighted by molar-refractivity contribution is -0.385. The molecular weight excluding hydrogens is 234 g/mol. The van der Waals surface area contributed by atoms with Crippen molar-refractivity contribution in [3.05, 3.63) is 27.9 Å². The van der Waals surface area contributed by atoms with Gasteiger partial charge in [-0.1, -0.05) is 6.92 Å². The molecule has 0 amide bonds. The third-order valence-corrected chi connectivity index (χ3v) is 3.24. The van der Waals surface area contributed by atoms with Gasteiger partial charge >= 0.3 is 0 Å². The Bertz CT molecular complexity index is 501. The summed E-state index contributed by atoms with van der Waals surface area (Å²) in [6.07, 6.45) is 0.513.